The summed E-state index contributed by atoms with van der Waals surface area (Å²) < 4.78 is 5.66. The highest BCUT2D eigenvalue weighted by molar-refractivity contribution is 9.10. The molecule has 0 radical (unpaired) electrons. The summed E-state index contributed by atoms with van der Waals surface area (Å²) in [5, 5.41) is 2.79. The third-order valence-electron chi connectivity index (χ3n) is 2.55. The van der Waals surface area contributed by atoms with Gasteiger partial charge in [0, 0.05) is 17.8 Å². The fourth-order valence-corrected chi connectivity index (χ4v) is 1.96. The summed E-state index contributed by atoms with van der Waals surface area (Å²) >= 11 is 3.25. The molecule has 1 amide bonds. The maximum atomic E-state index is 12.1. The molecule has 5 heteroatoms. The topological polar surface area (TPSA) is 51.2 Å². The van der Waals surface area contributed by atoms with Crippen molar-refractivity contribution in [1.82, 2.24) is 4.98 Å². The average molecular weight is 321 g/mol. The second-order valence-electron chi connectivity index (χ2n) is 4.04. The highest BCUT2D eigenvalue weighted by atomic mass is 79.9. The van der Waals surface area contributed by atoms with Gasteiger partial charge in [0.15, 0.2) is 0 Å². The number of nitrogens with zero attached hydrogens (tertiary/aromatic N) is 1. The summed E-state index contributed by atoms with van der Waals surface area (Å²) in [6, 6.07) is 10.9. The molecule has 0 aliphatic rings. The number of amides is 1. The van der Waals surface area contributed by atoms with Gasteiger partial charge in [0.1, 0.15) is 16.0 Å². The summed E-state index contributed by atoms with van der Waals surface area (Å²) in [6.07, 6.45) is 0. The third kappa shape index (κ3) is 3.54. The number of carbonyl (C=O) groups is 1. The molecule has 0 aliphatic heterocycles. The van der Waals surface area contributed by atoms with Crippen LogP contribution in [0.25, 0.3) is 0 Å². The van der Waals surface area contributed by atoms with Crippen LogP contribution in [-0.4, -0.2) is 18.0 Å². The van der Waals surface area contributed by atoms with Crippen LogP contribution in [0.15, 0.2) is 41.0 Å². The lowest BCUT2D eigenvalue weighted by atomic mass is 10.2. The number of aryl methyl sites for hydroxylation is 1. The number of aromatic nitrogens is 1. The van der Waals surface area contributed by atoms with Crippen LogP contribution in [0.1, 0.15) is 16.1 Å². The van der Waals surface area contributed by atoms with E-state index in [-0.39, 0.29) is 5.91 Å². The zero-order valence-corrected chi connectivity index (χ0v) is 12.2. The van der Waals surface area contributed by atoms with E-state index in [9.17, 15) is 4.79 Å². The van der Waals surface area contributed by atoms with Crippen molar-refractivity contribution in [3.63, 3.8) is 0 Å². The highest BCUT2D eigenvalue weighted by Crippen LogP contribution is 2.19. The van der Waals surface area contributed by atoms with Crippen molar-refractivity contribution in [2.75, 3.05) is 12.4 Å². The van der Waals surface area contributed by atoms with E-state index in [1.54, 1.807) is 19.2 Å². The first-order valence-electron chi connectivity index (χ1n) is 5.68. The summed E-state index contributed by atoms with van der Waals surface area (Å²) in [4.78, 5) is 16.2. The van der Waals surface area contributed by atoms with E-state index in [0.717, 1.165) is 11.3 Å². The van der Waals surface area contributed by atoms with Gasteiger partial charge in [-0.3, -0.25) is 4.79 Å². The van der Waals surface area contributed by atoms with Gasteiger partial charge in [0.05, 0.1) is 7.11 Å². The molecule has 1 aromatic carbocycles. The number of carbonyl (C=O) groups excluding carboxylic acids is 1. The second kappa shape index (κ2) is 5.84. The molecular weight excluding hydrogens is 308 g/mol. The van der Waals surface area contributed by atoms with Gasteiger partial charge in [-0.05, 0) is 35.0 Å². The monoisotopic (exact) mass is 320 g/mol. The third-order valence-corrected chi connectivity index (χ3v) is 2.95. The molecule has 2 rings (SSSR count). The zero-order valence-electron chi connectivity index (χ0n) is 10.6. The van der Waals surface area contributed by atoms with Crippen LogP contribution in [0.3, 0.4) is 0 Å². The minimum Gasteiger partial charge on any atom is -0.497 e. The normalized spacial score (nSPS) is 10.1. The lowest BCUT2D eigenvalue weighted by Gasteiger charge is -2.07. The number of hydrogen-bond donors (Lipinski definition) is 1. The Bertz CT molecular complexity index is 597. The van der Waals surface area contributed by atoms with Gasteiger partial charge >= 0.3 is 0 Å². The van der Waals surface area contributed by atoms with Crippen molar-refractivity contribution in [2.24, 2.45) is 0 Å². The molecule has 0 unspecified atom stereocenters. The summed E-state index contributed by atoms with van der Waals surface area (Å²) in [6.45, 7) is 1.99. The molecule has 1 heterocycles. The van der Waals surface area contributed by atoms with Crippen LogP contribution in [0.2, 0.25) is 0 Å². The van der Waals surface area contributed by atoms with Gasteiger partial charge in [-0.15, -0.1) is 0 Å². The Kier molecular flexibility index (Phi) is 4.16. The van der Waals surface area contributed by atoms with E-state index >= 15 is 0 Å². The fourth-order valence-electron chi connectivity index (χ4n) is 1.54. The lowest BCUT2D eigenvalue weighted by molar-refractivity contribution is 0.102. The van der Waals surface area contributed by atoms with Crippen LogP contribution >= 0.6 is 15.9 Å². The Morgan fingerprint density at radius 3 is 2.58 bits per heavy atom. The SMILES string of the molecule is COc1cc(Br)nc(C(=O)Nc2ccc(C)cc2)c1. The van der Waals surface area contributed by atoms with E-state index in [1.807, 2.05) is 31.2 Å². The zero-order chi connectivity index (χ0) is 13.8. The summed E-state index contributed by atoms with van der Waals surface area (Å²) in [7, 11) is 1.55. The van der Waals surface area contributed by atoms with Crippen molar-refractivity contribution >= 4 is 27.5 Å². The molecule has 0 aliphatic carbocycles. The number of ether oxygens (including phenoxy) is 1. The maximum absolute atomic E-state index is 12.1. The number of nitrogens with one attached hydrogen (secondary N) is 1. The van der Waals surface area contributed by atoms with E-state index < -0.39 is 0 Å². The minimum atomic E-state index is -0.275. The molecule has 4 nitrogen and oxygen atoms in total. The Labute approximate surface area is 119 Å². The number of methoxy groups -OCH3 is 1. The number of rotatable bonds is 3. The lowest BCUT2D eigenvalue weighted by Crippen LogP contribution is -2.13. The molecule has 0 atom stereocenters. The number of halogens is 1. The standard InChI is InChI=1S/C14H13BrN2O2/c1-9-3-5-10(6-4-9)16-14(18)12-7-11(19-2)8-13(15)17-12/h3-8H,1-2H3,(H,16,18). The van der Waals surface area contributed by atoms with E-state index in [1.165, 1.54) is 0 Å². The Morgan fingerprint density at radius 1 is 1.26 bits per heavy atom. The van der Waals surface area contributed by atoms with Crippen molar-refractivity contribution in [3.05, 3.63) is 52.3 Å². The summed E-state index contributed by atoms with van der Waals surface area (Å²) in [5.74, 6) is 0.305. The van der Waals surface area contributed by atoms with Crippen LogP contribution < -0.4 is 10.1 Å². The van der Waals surface area contributed by atoms with Gasteiger partial charge in [0.2, 0.25) is 0 Å². The molecule has 0 saturated heterocycles. The maximum Gasteiger partial charge on any atom is 0.274 e. The molecule has 2 aromatic rings. The van der Waals surface area contributed by atoms with E-state index in [2.05, 4.69) is 26.2 Å². The Balaban J connectivity index is 2.20. The smallest absolute Gasteiger partial charge is 0.274 e. The van der Waals surface area contributed by atoms with Crippen LogP contribution in [-0.2, 0) is 0 Å². The quantitative estimate of drug-likeness (QED) is 0.882. The van der Waals surface area contributed by atoms with Crippen LogP contribution in [0.4, 0.5) is 5.69 Å². The van der Waals surface area contributed by atoms with E-state index in [4.69, 9.17) is 4.74 Å². The summed E-state index contributed by atoms with van der Waals surface area (Å²) in [5.41, 5.74) is 2.17. The van der Waals surface area contributed by atoms with Gasteiger partial charge < -0.3 is 10.1 Å². The second-order valence-corrected chi connectivity index (χ2v) is 4.85. The molecular formula is C14H13BrN2O2. The number of benzene rings is 1. The molecule has 0 spiro atoms. The van der Waals surface area contributed by atoms with Crippen molar-refractivity contribution in [3.8, 4) is 5.75 Å². The van der Waals surface area contributed by atoms with Crippen LogP contribution in [0, 0.1) is 6.92 Å². The first-order valence-corrected chi connectivity index (χ1v) is 6.47. The van der Waals surface area contributed by atoms with Gasteiger partial charge in [0.25, 0.3) is 5.91 Å². The molecule has 19 heavy (non-hydrogen) atoms. The van der Waals surface area contributed by atoms with Gasteiger partial charge in [-0.2, -0.15) is 0 Å². The average Bonchev–Trinajstić information content (AvgIpc) is 2.40. The number of anilines is 1. The first kappa shape index (κ1) is 13.5. The fraction of sp³-hybridized carbons (Fsp3) is 0.143. The highest BCUT2D eigenvalue weighted by Gasteiger charge is 2.10. The van der Waals surface area contributed by atoms with Crippen molar-refractivity contribution in [2.45, 2.75) is 6.92 Å². The largest absolute Gasteiger partial charge is 0.497 e. The molecule has 1 N–H and O–H groups in total. The Morgan fingerprint density at radius 2 is 1.95 bits per heavy atom. The minimum absolute atomic E-state index is 0.275. The predicted octanol–water partition coefficient (Wildman–Crippen LogP) is 3.41. The van der Waals surface area contributed by atoms with E-state index in [0.29, 0.717) is 16.0 Å². The number of hydrogen-bond acceptors (Lipinski definition) is 3. The molecule has 0 fully saturated rings. The molecule has 1 aromatic heterocycles. The van der Waals surface area contributed by atoms with Gasteiger partial charge in [-0.1, -0.05) is 17.7 Å². The molecule has 98 valence electrons. The van der Waals surface area contributed by atoms with Gasteiger partial charge in [-0.25, -0.2) is 4.98 Å². The Hall–Kier alpha value is -1.88. The predicted molar refractivity (Wildman–Crippen MR) is 77.6 cm³/mol. The van der Waals surface area contributed by atoms with Crippen molar-refractivity contribution < 1.29 is 9.53 Å². The van der Waals surface area contributed by atoms with Crippen LogP contribution in [0.5, 0.6) is 5.75 Å². The number of pyridine rings is 1. The molecule has 0 saturated carbocycles. The first-order chi connectivity index (χ1) is 9.08. The molecule has 0 bridgehead atoms. The van der Waals surface area contributed by atoms with Crippen molar-refractivity contribution in [1.29, 1.82) is 0 Å².